The lowest BCUT2D eigenvalue weighted by Crippen LogP contribution is -2.18. The zero-order valence-corrected chi connectivity index (χ0v) is 11.0. The van der Waals surface area contributed by atoms with E-state index in [0.717, 1.165) is 18.4 Å². The number of nitrogens with one attached hydrogen (secondary N) is 1. The van der Waals surface area contributed by atoms with E-state index in [1.807, 2.05) is 16.9 Å². The summed E-state index contributed by atoms with van der Waals surface area (Å²) in [6.45, 7) is 0.846. The quantitative estimate of drug-likeness (QED) is 0.907. The van der Waals surface area contributed by atoms with Gasteiger partial charge in [0.05, 0.1) is 18.4 Å². The average Bonchev–Trinajstić information content (AvgIpc) is 2.93. The number of benzene rings is 1. The molecule has 1 heterocycles. The van der Waals surface area contributed by atoms with Crippen molar-refractivity contribution in [3.63, 3.8) is 0 Å². The average molecular weight is 253 g/mol. The van der Waals surface area contributed by atoms with E-state index < -0.39 is 0 Å². The van der Waals surface area contributed by atoms with Crippen LogP contribution in [0.2, 0.25) is 0 Å². The van der Waals surface area contributed by atoms with Crippen LogP contribution >= 0.6 is 0 Å². The summed E-state index contributed by atoms with van der Waals surface area (Å²) in [5, 5.41) is 8.10. The Morgan fingerprint density at radius 2 is 2.11 bits per heavy atom. The summed E-state index contributed by atoms with van der Waals surface area (Å²) in [4.78, 5) is 0. The van der Waals surface area contributed by atoms with Crippen LogP contribution in [0.5, 0.6) is 0 Å². The molecule has 3 unspecified atom stereocenters. The van der Waals surface area contributed by atoms with Crippen LogP contribution in [0.3, 0.4) is 0 Å². The molecular weight excluding hydrogens is 234 g/mol. The first-order valence-electron chi connectivity index (χ1n) is 7.21. The van der Waals surface area contributed by atoms with Crippen molar-refractivity contribution in [2.75, 3.05) is 5.32 Å². The molecule has 3 atom stereocenters. The molecule has 1 aromatic heterocycles. The molecule has 0 aliphatic heterocycles. The van der Waals surface area contributed by atoms with E-state index in [4.69, 9.17) is 0 Å². The summed E-state index contributed by atoms with van der Waals surface area (Å²) >= 11 is 0. The second-order valence-electron chi connectivity index (χ2n) is 5.90. The predicted octanol–water partition coefficient (Wildman–Crippen LogP) is 3.14. The van der Waals surface area contributed by atoms with Crippen molar-refractivity contribution in [3.05, 3.63) is 48.3 Å². The molecule has 3 nitrogen and oxygen atoms in total. The van der Waals surface area contributed by atoms with Crippen molar-refractivity contribution in [1.82, 2.24) is 9.78 Å². The van der Waals surface area contributed by atoms with Gasteiger partial charge in [-0.2, -0.15) is 5.10 Å². The summed E-state index contributed by atoms with van der Waals surface area (Å²) < 4.78 is 2.01. The molecule has 3 heteroatoms. The van der Waals surface area contributed by atoms with Gasteiger partial charge in [0.1, 0.15) is 0 Å². The number of fused-ring (bicyclic) bond motifs is 1. The van der Waals surface area contributed by atoms with Crippen LogP contribution in [-0.2, 0) is 6.54 Å². The van der Waals surface area contributed by atoms with Crippen LogP contribution in [0, 0.1) is 11.8 Å². The fourth-order valence-electron chi connectivity index (χ4n) is 3.39. The smallest absolute Gasteiger partial charge is 0.0728 e. The highest BCUT2D eigenvalue weighted by molar-refractivity contribution is 5.40. The molecule has 0 radical (unpaired) electrons. The van der Waals surface area contributed by atoms with Crippen molar-refractivity contribution >= 4 is 5.69 Å². The maximum atomic E-state index is 4.45. The summed E-state index contributed by atoms with van der Waals surface area (Å²) in [6, 6.07) is 11.2. The lowest BCUT2D eigenvalue weighted by Gasteiger charge is -2.13. The van der Waals surface area contributed by atoms with Gasteiger partial charge in [-0.3, -0.25) is 4.68 Å². The van der Waals surface area contributed by atoms with Crippen LogP contribution in [0.4, 0.5) is 5.69 Å². The van der Waals surface area contributed by atoms with E-state index in [0.29, 0.717) is 6.04 Å². The van der Waals surface area contributed by atoms with Crippen molar-refractivity contribution < 1.29 is 0 Å². The topological polar surface area (TPSA) is 29.9 Å². The first-order chi connectivity index (χ1) is 9.38. The maximum Gasteiger partial charge on any atom is 0.0728 e. The molecule has 98 valence electrons. The fourth-order valence-corrected chi connectivity index (χ4v) is 3.39. The van der Waals surface area contributed by atoms with Crippen LogP contribution < -0.4 is 5.32 Å². The highest BCUT2D eigenvalue weighted by Crippen LogP contribution is 2.52. The first-order valence-corrected chi connectivity index (χ1v) is 7.21. The van der Waals surface area contributed by atoms with Gasteiger partial charge >= 0.3 is 0 Å². The van der Waals surface area contributed by atoms with Crippen molar-refractivity contribution in [3.8, 4) is 0 Å². The second kappa shape index (κ2) is 4.41. The van der Waals surface area contributed by atoms with Gasteiger partial charge in [-0.25, -0.2) is 0 Å². The van der Waals surface area contributed by atoms with E-state index in [2.05, 4.69) is 40.9 Å². The molecule has 0 spiro atoms. The zero-order valence-electron chi connectivity index (χ0n) is 11.0. The van der Waals surface area contributed by atoms with Crippen LogP contribution in [0.25, 0.3) is 0 Å². The number of rotatable bonds is 4. The molecule has 19 heavy (non-hydrogen) atoms. The third kappa shape index (κ3) is 2.25. The predicted molar refractivity (Wildman–Crippen MR) is 76.0 cm³/mol. The fraction of sp³-hybridized carbons (Fsp3) is 0.438. The molecular formula is C16H19N3. The number of nitrogens with zero attached hydrogens (tertiary/aromatic N) is 2. The summed E-state index contributed by atoms with van der Waals surface area (Å²) in [7, 11) is 0. The van der Waals surface area contributed by atoms with Gasteiger partial charge in [-0.15, -0.1) is 0 Å². The number of aromatic nitrogens is 2. The molecule has 0 saturated heterocycles. The molecule has 2 aromatic rings. The minimum atomic E-state index is 0.694. The van der Waals surface area contributed by atoms with Gasteiger partial charge < -0.3 is 5.32 Å². The number of hydrogen-bond donors (Lipinski definition) is 1. The Morgan fingerprint density at radius 1 is 1.21 bits per heavy atom. The molecule has 0 amide bonds. The molecule has 4 rings (SSSR count). The van der Waals surface area contributed by atoms with Crippen molar-refractivity contribution in [2.45, 2.75) is 31.8 Å². The third-order valence-corrected chi connectivity index (χ3v) is 4.52. The Morgan fingerprint density at radius 3 is 2.84 bits per heavy atom. The van der Waals surface area contributed by atoms with Gasteiger partial charge in [0.15, 0.2) is 0 Å². The standard InChI is InChI=1S/C16H19N3/c1-2-4-12(5-3-1)10-19-11-14(9-17-19)18-16-7-6-13-8-15(13)16/h1-5,9,11,13,15-16,18H,6-8,10H2. The SMILES string of the molecule is c1ccc(Cn2cc(NC3CCC4CC43)cn2)cc1. The Kier molecular flexibility index (Phi) is 2.57. The Labute approximate surface area is 113 Å². The minimum Gasteiger partial charge on any atom is -0.379 e. The molecule has 0 bridgehead atoms. The molecule has 1 N–H and O–H groups in total. The highest BCUT2D eigenvalue weighted by atomic mass is 15.3. The van der Waals surface area contributed by atoms with Gasteiger partial charge in [0, 0.05) is 12.2 Å². The van der Waals surface area contributed by atoms with Gasteiger partial charge in [-0.1, -0.05) is 30.3 Å². The Hall–Kier alpha value is -1.77. The third-order valence-electron chi connectivity index (χ3n) is 4.52. The number of anilines is 1. The zero-order chi connectivity index (χ0) is 12.7. The second-order valence-corrected chi connectivity index (χ2v) is 5.90. The summed E-state index contributed by atoms with van der Waals surface area (Å²) in [5.74, 6) is 1.97. The first kappa shape index (κ1) is 11.1. The van der Waals surface area contributed by atoms with Gasteiger partial charge in [-0.05, 0) is 36.7 Å². The van der Waals surface area contributed by atoms with E-state index in [1.54, 1.807) is 0 Å². The number of hydrogen-bond acceptors (Lipinski definition) is 2. The lowest BCUT2D eigenvalue weighted by atomic mass is 10.2. The molecule has 2 fully saturated rings. The van der Waals surface area contributed by atoms with Crippen LogP contribution in [0.1, 0.15) is 24.8 Å². The molecule has 2 saturated carbocycles. The minimum absolute atomic E-state index is 0.694. The highest BCUT2D eigenvalue weighted by Gasteiger charge is 2.47. The van der Waals surface area contributed by atoms with E-state index in [9.17, 15) is 0 Å². The van der Waals surface area contributed by atoms with Crippen molar-refractivity contribution in [1.29, 1.82) is 0 Å². The van der Waals surface area contributed by atoms with E-state index in [1.165, 1.54) is 30.5 Å². The van der Waals surface area contributed by atoms with E-state index >= 15 is 0 Å². The normalized spacial score (nSPS) is 28.1. The summed E-state index contributed by atoms with van der Waals surface area (Å²) in [5.41, 5.74) is 2.47. The monoisotopic (exact) mass is 253 g/mol. The molecule has 2 aliphatic carbocycles. The maximum absolute atomic E-state index is 4.45. The van der Waals surface area contributed by atoms with E-state index in [-0.39, 0.29) is 0 Å². The lowest BCUT2D eigenvalue weighted by molar-refractivity contribution is 0.653. The Bertz CT molecular complexity index is 560. The van der Waals surface area contributed by atoms with Crippen molar-refractivity contribution in [2.24, 2.45) is 11.8 Å². The van der Waals surface area contributed by atoms with Crippen LogP contribution in [-0.4, -0.2) is 15.8 Å². The van der Waals surface area contributed by atoms with Gasteiger partial charge in [0.25, 0.3) is 0 Å². The van der Waals surface area contributed by atoms with Gasteiger partial charge in [0.2, 0.25) is 0 Å². The van der Waals surface area contributed by atoms with Crippen LogP contribution in [0.15, 0.2) is 42.7 Å². The largest absolute Gasteiger partial charge is 0.379 e. The summed E-state index contributed by atoms with van der Waals surface area (Å²) in [6.07, 6.45) is 8.27. The Balaban J connectivity index is 1.42. The molecule has 1 aromatic carbocycles. The molecule has 2 aliphatic rings.